The van der Waals surface area contributed by atoms with E-state index in [-0.39, 0.29) is 11.7 Å². The molecule has 0 saturated carbocycles. The number of fused-ring (bicyclic) bond motifs is 1. The summed E-state index contributed by atoms with van der Waals surface area (Å²) in [5.74, 6) is -1.35. The number of nitrogens with zero attached hydrogens (tertiary/aromatic N) is 3. The maximum absolute atomic E-state index is 13.6. The number of rotatable bonds is 2. The van der Waals surface area contributed by atoms with E-state index in [1.807, 2.05) is 0 Å². The van der Waals surface area contributed by atoms with E-state index in [0.29, 0.717) is 36.3 Å². The molecule has 0 unspecified atom stereocenters. The van der Waals surface area contributed by atoms with Crippen LogP contribution in [0.3, 0.4) is 0 Å². The maximum atomic E-state index is 13.6. The standard InChI is InChI=1S/C16H15FN4O2/c1-9-2-3-10(6-12(9)17)16(23)21-5-4-13-11(8-21)7-19-15(20-13)14(18)22/h2-3,6-7H,4-5,8H2,1H3,(H2,18,22). The summed E-state index contributed by atoms with van der Waals surface area (Å²) in [5.41, 5.74) is 7.45. The lowest BCUT2D eigenvalue weighted by atomic mass is 10.1. The van der Waals surface area contributed by atoms with Crippen molar-refractivity contribution in [3.05, 3.63) is 58.4 Å². The number of halogens is 1. The molecule has 23 heavy (non-hydrogen) atoms. The van der Waals surface area contributed by atoms with Crippen LogP contribution in [0.1, 0.15) is 37.8 Å². The van der Waals surface area contributed by atoms with Gasteiger partial charge in [-0.3, -0.25) is 9.59 Å². The fourth-order valence-corrected chi connectivity index (χ4v) is 2.52. The molecule has 118 valence electrons. The number of nitrogens with two attached hydrogens (primary N) is 1. The molecule has 2 N–H and O–H groups in total. The van der Waals surface area contributed by atoms with Gasteiger partial charge in [0.05, 0.1) is 5.69 Å². The number of amides is 2. The van der Waals surface area contributed by atoms with Gasteiger partial charge >= 0.3 is 0 Å². The van der Waals surface area contributed by atoms with Gasteiger partial charge in [0.15, 0.2) is 0 Å². The van der Waals surface area contributed by atoms with Crippen LogP contribution < -0.4 is 5.73 Å². The van der Waals surface area contributed by atoms with Gasteiger partial charge in [0.25, 0.3) is 11.8 Å². The molecule has 1 aliphatic rings. The lowest BCUT2D eigenvalue weighted by Crippen LogP contribution is -2.37. The Kier molecular flexibility index (Phi) is 3.77. The topological polar surface area (TPSA) is 89.2 Å². The molecule has 2 amide bonds. The number of hydrogen-bond acceptors (Lipinski definition) is 4. The molecule has 0 radical (unpaired) electrons. The molecule has 7 heteroatoms. The second-order valence-corrected chi connectivity index (χ2v) is 5.47. The van der Waals surface area contributed by atoms with Gasteiger partial charge in [-0.15, -0.1) is 0 Å². The van der Waals surface area contributed by atoms with Crippen LogP contribution in [0.2, 0.25) is 0 Å². The first kappa shape index (κ1) is 15.1. The molecular formula is C16H15FN4O2. The highest BCUT2D eigenvalue weighted by Crippen LogP contribution is 2.19. The van der Waals surface area contributed by atoms with Crippen molar-refractivity contribution in [2.45, 2.75) is 19.9 Å². The monoisotopic (exact) mass is 314 g/mol. The molecule has 0 fully saturated rings. The third-order valence-electron chi connectivity index (χ3n) is 3.86. The maximum Gasteiger partial charge on any atom is 0.286 e. The Morgan fingerprint density at radius 3 is 2.83 bits per heavy atom. The summed E-state index contributed by atoms with van der Waals surface area (Å²) in [6.07, 6.45) is 2.01. The van der Waals surface area contributed by atoms with Crippen molar-refractivity contribution in [1.29, 1.82) is 0 Å². The van der Waals surface area contributed by atoms with Gasteiger partial charge in [0.1, 0.15) is 5.82 Å². The van der Waals surface area contributed by atoms with Crippen molar-refractivity contribution >= 4 is 11.8 Å². The smallest absolute Gasteiger partial charge is 0.286 e. The number of aromatic nitrogens is 2. The van der Waals surface area contributed by atoms with Gasteiger partial charge in [-0.2, -0.15) is 0 Å². The van der Waals surface area contributed by atoms with Gasteiger partial charge < -0.3 is 10.6 Å². The Labute approximate surface area is 132 Å². The molecular weight excluding hydrogens is 299 g/mol. The summed E-state index contributed by atoms with van der Waals surface area (Å²) in [5, 5.41) is 0. The van der Waals surface area contributed by atoms with Crippen molar-refractivity contribution in [2.24, 2.45) is 5.73 Å². The minimum atomic E-state index is -0.679. The predicted octanol–water partition coefficient (Wildman–Crippen LogP) is 1.22. The van der Waals surface area contributed by atoms with Crippen molar-refractivity contribution in [1.82, 2.24) is 14.9 Å². The Balaban J connectivity index is 1.82. The third kappa shape index (κ3) is 2.90. The van der Waals surface area contributed by atoms with Crippen molar-refractivity contribution in [2.75, 3.05) is 6.54 Å². The lowest BCUT2D eigenvalue weighted by molar-refractivity contribution is 0.0731. The molecule has 0 aliphatic carbocycles. The van der Waals surface area contributed by atoms with Gasteiger partial charge in [-0.1, -0.05) is 6.07 Å². The van der Waals surface area contributed by atoms with Gasteiger partial charge in [-0.05, 0) is 24.6 Å². The number of carbonyl (C=O) groups excluding carboxylic acids is 2. The van der Waals surface area contributed by atoms with Crippen LogP contribution in [-0.4, -0.2) is 33.2 Å². The summed E-state index contributed by atoms with van der Waals surface area (Å²) in [6.45, 7) is 2.41. The highest BCUT2D eigenvalue weighted by Gasteiger charge is 2.24. The number of carbonyl (C=O) groups is 2. The second-order valence-electron chi connectivity index (χ2n) is 5.47. The van der Waals surface area contributed by atoms with Crippen LogP contribution in [0.25, 0.3) is 0 Å². The van der Waals surface area contributed by atoms with E-state index in [1.165, 1.54) is 12.3 Å². The zero-order valence-electron chi connectivity index (χ0n) is 12.5. The first-order valence-corrected chi connectivity index (χ1v) is 7.15. The van der Waals surface area contributed by atoms with Crippen molar-refractivity contribution in [3.63, 3.8) is 0 Å². The Bertz CT molecular complexity index is 807. The highest BCUT2D eigenvalue weighted by molar-refractivity contribution is 5.94. The van der Waals surface area contributed by atoms with E-state index in [1.54, 1.807) is 24.0 Å². The number of hydrogen-bond donors (Lipinski definition) is 1. The van der Waals surface area contributed by atoms with Crippen molar-refractivity contribution < 1.29 is 14.0 Å². The van der Waals surface area contributed by atoms with E-state index in [4.69, 9.17) is 5.73 Å². The molecule has 0 bridgehead atoms. The predicted molar refractivity (Wildman–Crippen MR) is 80.1 cm³/mol. The first-order chi connectivity index (χ1) is 11.0. The molecule has 3 rings (SSSR count). The van der Waals surface area contributed by atoms with Crippen LogP contribution in [0.5, 0.6) is 0 Å². The van der Waals surface area contributed by atoms with E-state index < -0.39 is 11.7 Å². The molecule has 2 aromatic rings. The average Bonchev–Trinajstić information content (AvgIpc) is 2.55. The molecule has 0 saturated heterocycles. The third-order valence-corrected chi connectivity index (χ3v) is 3.86. The number of aryl methyl sites for hydroxylation is 1. The van der Waals surface area contributed by atoms with E-state index >= 15 is 0 Å². The SMILES string of the molecule is Cc1ccc(C(=O)N2CCc3nc(C(N)=O)ncc3C2)cc1F. The van der Waals surface area contributed by atoms with Crippen LogP contribution in [0, 0.1) is 12.7 Å². The molecule has 0 spiro atoms. The lowest BCUT2D eigenvalue weighted by Gasteiger charge is -2.28. The minimum absolute atomic E-state index is 0.0240. The van der Waals surface area contributed by atoms with Crippen LogP contribution in [-0.2, 0) is 13.0 Å². The summed E-state index contributed by atoms with van der Waals surface area (Å²) >= 11 is 0. The fourth-order valence-electron chi connectivity index (χ4n) is 2.52. The van der Waals surface area contributed by atoms with Gasteiger partial charge in [-0.25, -0.2) is 14.4 Å². The summed E-state index contributed by atoms with van der Waals surface area (Å²) in [7, 11) is 0. The van der Waals surface area contributed by atoms with E-state index in [0.717, 1.165) is 5.56 Å². The van der Waals surface area contributed by atoms with Gasteiger partial charge in [0.2, 0.25) is 5.82 Å². The Morgan fingerprint density at radius 1 is 1.35 bits per heavy atom. The number of benzene rings is 1. The Hall–Kier alpha value is -2.83. The normalized spacial score (nSPS) is 13.6. The zero-order valence-corrected chi connectivity index (χ0v) is 12.5. The molecule has 2 heterocycles. The largest absolute Gasteiger partial charge is 0.363 e. The molecule has 6 nitrogen and oxygen atoms in total. The quantitative estimate of drug-likeness (QED) is 0.902. The summed E-state index contributed by atoms with van der Waals surface area (Å²) in [4.78, 5) is 33.2. The summed E-state index contributed by atoms with van der Waals surface area (Å²) in [6, 6.07) is 4.45. The molecule has 1 aromatic heterocycles. The molecule has 0 atom stereocenters. The second kappa shape index (κ2) is 5.75. The highest BCUT2D eigenvalue weighted by atomic mass is 19.1. The average molecular weight is 314 g/mol. The van der Waals surface area contributed by atoms with E-state index in [9.17, 15) is 14.0 Å². The van der Waals surface area contributed by atoms with Crippen LogP contribution in [0.15, 0.2) is 24.4 Å². The zero-order chi connectivity index (χ0) is 16.6. The minimum Gasteiger partial charge on any atom is -0.363 e. The van der Waals surface area contributed by atoms with Crippen LogP contribution >= 0.6 is 0 Å². The number of primary amides is 1. The Morgan fingerprint density at radius 2 is 2.13 bits per heavy atom. The summed E-state index contributed by atoms with van der Waals surface area (Å²) < 4.78 is 13.6. The van der Waals surface area contributed by atoms with E-state index in [2.05, 4.69) is 9.97 Å². The molecule has 1 aromatic carbocycles. The fraction of sp³-hybridized carbons (Fsp3) is 0.250. The molecule has 1 aliphatic heterocycles. The first-order valence-electron chi connectivity index (χ1n) is 7.15. The van der Waals surface area contributed by atoms with Gasteiger partial charge in [0, 0.05) is 36.8 Å². The van der Waals surface area contributed by atoms with Crippen molar-refractivity contribution in [3.8, 4) is 0 Å². The van der Waals surface area contributed by atoms with Crippen LogP contribution in [0.4, 0.5) is 4.39 Å².